The number of imide groups is 1. The molecule has 0 saturated carbocycles. The summed E-state index contributed by atoms with van der Waals surface area (Å²) < 4.78 is 11.0. The zero-order chi connectivity index (χ0) is 21.1. The van der Waals surface area contributed by atoms with Gasteiger partial charge in [0.1, 0.15) is 6.61 Å². The van der Waals surface area contributed by atoms with Gasteiger partial charge >= 0.3 is 0 Å². The molecule has 1 atom stereocenters. The highest BCUT2D eigenvalue weighted by atomic mass is 16.6. The van der Waals surface area contributed by atoms with Crippen molar-refractivity contribution in [3.8, 4) is 11.5 Å². The maximum Gasteiger partial charge on any atom is 0.283 e. The smallest absolute Gasteiger partial charge is 0.283 e. The first-order valence-corrected chi connectivity index (χ1v) is 9.47. The van der Waals surface area contributed by atoms with Crippen molar-refractivity contribution in [3.05, 3.63) is 59.7 Å². The van der Waals surface area contributed by atoms with Crippen molar-refractivity contribution in [1.29, 1.82) is 0 Å². The lowest BCUT2D eigenvalue weighted by atomic mass is 10.1. The van der Waals surface area contributed by atoms with Crippen LogP contribution in [0.25, 0.3) is 0 Å². The highest BCUT2D eigenvalue weighted by Crippen LogP contribution is 2.30. The van der Waals surface area contributed by atoms with Crippen LogP contribution in [-0.4, -0.2) is 47.8 Å². The SMILES string of the molecule is O=C(CCCN1C(=O)c2ccccc2C1=O)NNC(=O)[C@H]1COc2ccccc2O1. The number of rotatable bonds is 5. The third-order valence-corrected chi connectivity index (χ3v) is 4.79. The fourth-order valence-electron chi connectivity index (χ4n) is 3.26. The minimum atomic E-state index is -0.890. The molecule has 0 unspecified atom stereocenters. The molecule has 2 aromatic rings. The van der Waals surface area contributed by atoms with Crippen LogP contribution in [-0.2, 0) is 9.59 Å². The molecule has 0 aliphatic carbocycles. The molecule has 4 rings (SSSR count). The average molecular weight is 409 g/mol. The predicted octanol–water partition coefficient (Wildman–Crippen LogP) is 1.05. The quantitative estimate of drug-likeness (QED) is 0.564. The van der Waals surface area contributed by atoms with Gasteiger partial charge in [0.25, 0.3) is 17.7 Å². The Labute approximate surface area is 171 Å². The number of para-hydroxylation sites is 2. The molecule has 4 amide bonds. The molecule has 2 heterocycles. The number of fused-ring (bicyclic) bond motifs is 2. The average Bonchev–Trinajstić information content (AvgIpc) is 3.02. The summed E-state index contributed by atoms with van der Waals surface area (Å²) in [4.78, 5) is 49.9. The van der Waals surface area contributed by atoms with E-state index in [1.807, 2.05) is 0 Å². The van der Waals surface area contributed by atoms with E-state index in [1.165, 1.54) is 0 Å². The highest BCUT2D eigenvalue weighted by molar-refractivity contribution is 6.21. The Bertz CT molecular complexity index is 986. The van der Waals surface area contributed by atoms with Crippen LogP contribution in [0.4, 0.5) is 0 Å². The van der Waals surface area contributed by atoms with Gasteiger partial charge < -0.3 is 9.47 Å². The molecule has 9 nitrogen and oxygen atoms in total. The number of hydrogen-bond acceptors (Lipinski definition) is 6. The largest absolute Gasteiger partial charge is 0.485 e. The number of nitrogens with zero attached hydrogens (tertiary/aromatic N) is 1. The van der Waals surface area contributed by atoms with E-state index in [-0.39, 0.29) is 37.8 Å². The van der Waals surface area contributed by atoms with E-state index in [0.717, 1.165) is 4.90 Å². The highest BCUT2D eigenvalue weighted by Gasteiger charge is 2.34. The summed E-state index contributed by atoms with van der Waals surface area (Å²) >= 11 is 0. The van der Waals surface area contributed by atoms with Crippen molar-refractivity contribution in [3.63, 3.8) is 0 Å². The van der Waals surface area contributed by atoms with E-state index in [2.05, 4.69) is 10.9 Å². The summed E-state index contributed by atoms with van der Waals surface area (Å²) in [7, 11) is 0. The van der Waals surface area contributed by atoms with Gasteiger partial charge in [0.05, 0.1) is 11.1 Å². The molecule has 0 bridgehead atoms. The zero-order valence-electron chi connectivity index (χ0n) is 15.9. The summed E-state index contributed by atoms with van der Waals surface area (Å²) in [5.41, 5.74) is 5.35. The molecular formula is C21H19N3O6. The molecule has 2 aliphatic heterocycles. The predicted molar refractivity (Wildman–Crippen MR) is 104 cm³/mol. The Morgan fingerprint density at radius 1 is 0.933 bits per heavy atom. The van der Waals surface area contributed by atoms with Gasteiger partial charge in [-0.2, -0.15) is 0 Å². The Balaban J connectivity index is 1.20. The molecule has 0 fully saturated rings. The number of carbonyl (C=O) groups is 4. The van der Waals surface area contributed by atoms with Crippen molar-refractivity contribution in [2.75, 3.05) is 13.2 Å². The summed E-state index contributed by atoms with van der Waals surface area (Å²) in [5.74, 6) is -0.705. The molecular weight excluding hydrogens is 390 g/mol. The van der Waals surface area contributed by atoms with E-state index >= 15 is 0 Å². The Morgan fingerprint density at radius 3 is 2.27 bits per heavy atom. The van der Waals surface area contributed by atoms with E-state index in [1.54, 1.807) is 48.5 Å². The summed E-state index contributed by atoms with van der Waals surface area (Å²) in [5, 5.41) is 0. The first kappa shape index (κ1) is 19.4. The lowest BCUT2D eigenvalue weighted by molar-refractivity contribution is -0.135. The van der Waals surface area contributed by atoms with Crippen LogP contribution in [0.3, 0.4) is 0 Å². The first-order chi connectivity index (χ1) is 14.5. The van der Waals surface area contributed by atoms with Gasteiger partial charge in [0.15, 0.2) is 11.5 Å². The van der Waals surface area contributed by atoms with Gasteiger partial charge in [-0.1, -0.05) is 24.3 Å². The molecule has 0 aromatic heterocycles. The van der Waals surface area contributed by atoms with Gasteiger partial charge in [-0.15, -0.1) is 0 Å². The Morgan fingerprint density at radius 2 is 1.57 bits per heavy atom. The number of hydrazine groups is 1. The van der Waals surface area contributed by atoms with Gasteiger partial charge in [0.2, 0.25) is 12.0 Å². The van der Waals surface area contributed by atoms with Crippen molar-refractivity contribution >= 4 is 23.6 Å². The minimum Gasteiger partial charge on any atom is -0.485 e. The van der Waals surface area contributed by atoms with Crippen molar-refractivity contribution in [2.24, 2.45) is 0 Å². The molecule has 2 N–H and O–H groups in total. The van der Waals surface area contributed by atoms with Crippen molar-refractivity contribution in [2.45, 2.75) is 18.9 Å². The molecule has 9 heteroatoms. The van der Waals surface area contributed by atoms with E-state index in [0.29, 0.717) is 22.6 Å². The number of benzene rings is 2. The number of hydrogen-bond donors (Lipinski definition) is 2. The van der Waals surface area contributed by atoms with Crippen LogP contribution in [0.1, 0.15) is 33.6 Å². The van der Waals surface area contributed by atoms with Crippen LogP contribution < -0.4 is 20.3 Å². The maximum absolute atomic E-state index is 12.3. The summed E-state index contributed by atoms with van der Waals surface area (Å²) in [6.07, 6.45) is -0.596. The molecule has 0 radical (unpaired) electrons. The molecule has 30 heavy (non-hydrogen) atoms. The molecule has 2 aromatic carbocycles. The second kappa shape index (κ2) is 8.24. The number of amides is 4. The third-order valence-electron chi connectivity index (χ3n) is 4.79. The Kier molecular flexibility index (Phi) is 5.34. The van der Waals surface area contributed by atoms with E-state index < -0.39 is 17.9 Å². The van der Waals surface area contributed by atoms with Crippen molar-refractivity contribution < 1.29 is 28.7 Å². The third kappa shape index (κ3) is 3.82. The van der Waals surface area contributed by atoms with Crippen LogP contribution in [0.5, 0.6) is 11.5 Å². The topological polar surface area (TPSA) is 114 Å². The molecule has 0 spiro atoms. The number of nitrogens with one attached hydrogen (secondary N) is 2. The second-order valence-corrected chi connectivity index (χ2v) is 6.81. The lowest BCUT2D eigenvalue weighted by Crippen LogP contribution is -2.50. The molecule has 154 valence electrons. The van der Waals surface area contributed by atoms with Gasteiger partial charge in [-0.3, -0.25) is 34.9 Å². The Hall–Kier alpha value is -3.88. The molecule has 2 aliphatic rings. The minimum absolute atomic E-state index is 0.0262. The maximum atomic E-state index is 12.3. The summed E-state index contributed by atoms with van der Waals surface area (Å²) in [6.45, 7) is 0.141. The monoisotopic (exact) mass is 409 g/mol. The standard InChI is InChI=1S/C21H19N3O6/c25-18(10-5-11-24-20(27)13-6-1-2-7-14(13)21(24)28)22-23-19(26)17-12-29-15-8-3-4-9-16(15)30-17/h1-4,6-9,17H,5,10-12H2,(H,22,25)(H,23,26)/t17-/m1/s1. The van der Waals surface area contributed by atoms with Gasteiger partial charge in [-0.25, -0.2) is 0 Å². The first-order valence-electron chi connectivity index (χ1n) is 9.47. The molecule has 0 saturated heterocycles. The zero-order valence-corrected chi connectivity index (χ0v) is 15.9. The van der Waals surface area contributed by atoms with Crippen LogP contribution in [0, 0.1) is 0 Å². The number of ether oxygens (including phenoxy) is 2. The number of carbonyl (C=O) groups excluding carboxylic acids is 4. The van der Waals surface area contributed by atoms with Crippen LogP contribution in [0.15, 0.2) is 48.5 Å². The van der Waals surface area contributed by atoms with Crippen molar-refractivity contribution in [1.82, 2.24) is 15.8 Å². The second-order valence-electron chi connectivity index (χ2n) is 6.81. The van der Waals surface area contributed by atoms with E-state index in [9.17, 15) is 19.2 Å². The van der Waals surface area contributed by atoms with Crippen LogP contribution >= 0.6 is 0 Å². The fourth-order valence-corrected chi connectivity index (χ4v) is 3.26. The lowest BCUT2D eigenvalue weighted by Gasteiger charge is -2.25. The van der Waals surface area contributed by atoms with Crippen LogP contribution in [0.2, 0.25) is 0 Å². The van der Waals surface area contributed by atoms with E-state index in [4.69, 9.17) is 9.47 Å². The summed E-state index contributed by atoms with van der Waals surface area (Å²) in [6, 6.07) is 13.6. The normalized spacial score (nSPS) is 16.8. The van der Waals surface area contributed by atoms with Gasteiger partial charge in [0, 0.05) is 13.0 Å². The fraction of sp³-hybridized carbons (Fsp3) is 0.238. The van der Waals surface area contributed by atoms with Gasteiger partial charge in [-0.05, 0) is 30.7 Å².